The maximum absolute atomic E-state index is 6.35. The number of benzene rings is 7. The molecule has 48 heavy (non-hydrogen) atoms. The fourth-order valence-electron chi connectivity index (χ4n) is 7.76. The molecule has 3 aromatic heterocycles. The number of fused-ring (bicyclic) bond motifs is 9. The van der Waals surface area contributed by atoms with Gasteiger partial charge in [-0.2, -0.15) is 0 Å². The molecule has 0 bridgehead atoms. The van der Waals surface area contributed by atoms with Gasteiger partial charge in [-0.25, -0.2) is 9.97 Å². The van der Waals surface area contributed by atoms with E-state index in [-0.39, 0.29) is 0 Å². The maximum atomic E-state index is 6.35. The number of nitrogens with zero attached hydrogens (tertiary/aromatic N) is 3. The molecule has 222 valence electrons. The smallest absolute Gasteiger partial charge is 0.160 e. The quantitative estimate of drug-likeness (QED) is 0.200. The molecule has 0 N–H and O–H groups in total. The van der Waals surface area contributed by atoms with Crippen molar-refractivity contribution in [1.82, 2.24) is 14.5 Å². The van der Waals surface area contributed by atoms with E-state index in [9.17, 15) is 0 Å². The summed E-state index contributed by atoms with van der Waals surface area (Å²) in [7, 11) is 0. The Morgan fingerprint density at radius 2 is 1.10 bits per heavy atom. The van der Waals surface area contributed by atoms with Gasteiger partial charge in [0.1, 0.15) is 11.2 Å². The zero-order chi connectivity index (χ0) is 31.3. The van der Waals surface area contributed by atoms with Gasteiger partial charge in [-0.1, -0.05) is 91.0 Å². The topological polar surface area (TPSA) is 43.9 Å². The van der Waals surface area contributed by atoms with Gasteiger partial charge in [0, 0.05) is 43.7 Å². The summed E-state index contributed by atoms with van der Waals surface area (Å²) in [6.07, 6.45) is 0. The van der Waals surface area contributed by atoms with Crippen molar-refractivity contribution in [3.05, 3.63) is 152 Å². The van der Waals surface area contributed by atoms with Gasteiger partial charge in [-0.05, 0) is 82.9 Å². The van der Waals surface area contributed by atoms with Crippen LogP contribution in [0.3, 0.4) is 0 Å². The number of para-hydroxylation sites is 2. The van der Waals surface area contributed by atoms with Gasteiger partial charge in [-0.15, -0.1) is 0 Å². The third-order valence-electron chi connectivity index (χ3n) is 9.94. The zero-order valence-electron chi connectivity index (χ0n) is 25.7. The minimum atomic E-state index is 0.720. The van der Waals surface area contributed by atoms with Crippen LogP contribution in [0.4, 0.5) is 0 Å². The Hall–Kier alpha value is -6.52. The Bertz CT molecular complexity index is 2950. The van der Waals surface area contributed by atoms with E-state index in [0.717, 1.165) is 72.3 Å². The third kappa shape index (κ3) is 3.54. The van der Waals surface area contributed by atoms with Gasteiger partial charge in [0.15, 0.2) is 5.82 Å². The standard InChI is InChI=1S/C44H25N3O/c1-2-9-29(10-3-1)47-38-16-7-6-12-31(38)32-20-17-27(25-39(32)47)26-18-21-40-35(23-26)36-24-28(19-22-41(36)48-40)44-45-37-15-8-14-33-30-11-4-5-13-34(30)43(46-44)42(33)37/h1-25H. The second kappa shape index (κ2) is 9.50. The average Bonchev–Trinajstić information content (AvgIpc) is 3.80. The van der Waals surface area contributed by atoms with E-state index < -0.39 is 0 Å². The summed E-state index contributed by atoms with van der Waals surface area (Å²) in [5.41, 5.74) is 14.1. The van der Waals surface area contributed by atoms with E-state index in [1.165, 1.54) is 32.9 Å². The van der Waals surface area contributed by atoms with Crippen molar-refractivity contribution in [2.24, 2.45) is 0 Å². The molecule has 4 heteroatoms. The van der Waals surface area contributed by atoms with Gasteiger partial charge in [0.05, 0.1) is 22.2 Å². The fourth-order valence-corrected chi connectivity index (χ4v) is 7.76. The molecule has 0 aliphatic heterocycles. The van der Waals surface area contributed by atoms with Gasteiger partial charge in [0.25, 0.3) is 0 Å². The lowest BCUT2D eigenvalue weighted by atomic mass is 10.0. The van der Waals surface area contributed by atoms with E-state index in [0.29, 0.717) is 0 Å². The average molecular weight is 612 g/mol. The number of hydrogen-bond donors (Lipinski definition) is 0. The van der Waals surface area contributed by atoms with E-state index in [1.54, 1.807) is 0 Å². The Labute approximate surface area is 275 Å². The lowest BCUT2D eigenvalue weighted by molar-refractivity contribution is 0.669. The molecule has 0 amide bonds. The first-order valence-electron chi connectivity index (χ1n) is 16.2. The number of rotatable bonds is 3. The molecular formula is C44H25N3O. The number of aromatic nitrogens is 3. The molecule has 4 nitrogen and oxygen atoms in total. The van der Waals surface area contributed by atoms with Gasteiger partial charge in [0.2, 0.25) is 0 Å². The van der Waals surface area contributed by atoms with Crippen LogP contribution >= 0.6 is 0 Å². The highest BCUT2D eigenvalue weighted by Gasteiger charge is 2.24. The van der Waals surface area contributed by atoms with Crippen molar-refractivity contribution < 1.29 is 4.42 Å². The maximum Gasteiger partial charge on any atom is 0.160 e. The SMILES string of the molecule is c1ccc(-n2c3ccccc3c3ccc(-c4ccc5oc6ccc(-c7nc8c9c(cccc9n7)-c7ccccc7-8)cc6c5c4)cc32)cc1. The summed E-state index contributed by atoms with van der Waals surface area (Å²) < 4.78 is 8.71. The molecular weight excluding hydrogens is 587 g/mol. The van der Waals surface area contributed by atoms with E-state index in [4.69, 9.17) is 14.4 Å². The molecule has 0 unspecified atom stereocenters. The second-order valence-electron chi connectivity index (χ2n) is 12.6. The van der Waals surface area contributed by atoms with E-state index in [2.05, 4.69) is 150 Å². The van der Waals surface area contributed by atoms with Crippen LogP contribution in [0, 0.1) is 0 Å². The molecule has 1 aliphatic carbocycles. The lowest BCUT2D eigenvalue weighted by Gasteiger charge is -2.09. The van der Waals surface area contributed by atoms with Crippen molar-refractivity contribution in [1.29, 1.82) is 0 Å². The first-order valence-corrected chi connectivity index (χ1v) is 16.2. The molecule has 11 rings (SSSR count). The molecule has 0 atom stereocenters. The molecule has 7 aromatic carbocycles. The first kappa shape index (κ1) is 25.6. The highest BCUT2D eigenvalue weighted by molar-refractivity contribution is 6.14. The van der Waals surface area contributed by atoms with Crippen LogP contribution < -0.4 is 0 Å². The molecule has 1 aliphatic rings. The van der Waals surface area contributed by atoms with E-state index >= 15 is 0 Å². The number of hydrogen-bond acceptors (Lipinski definition) is 3. The summed E-state index contributed by atoms with van der Waals surface area (Å²) in [6.45, 7) is 0. The van der Waals surface area contributed by atoms with Crippen LogP contribution in [0.15, 0.2) is 156 Å². The zero-order valence-corrected chi connectivity index (χ0v) is 25.7. The van der Waals surface area contributed by atoms with Crippen LogP contribution in [-0.4, -0.2) is 14.5 Å². The number of furan rings is 1. The summed E-state index contributed by atoms with van der Waals surface area (Å²) in [5.74, 6) is 0.720. The van der Waals surface area contributed by atoms with Crippen LogP contribution in [0.25, 0.3) is 105 Å². The molecule has 10 aromatic rings. The van der Waals surface area contributed by atoms with Gasteiger partial charge in [-0.3, -0.25) is 0 Å². The monoisotopic (exact) mass is 611 g/mol. The molecule has 0 radical (unpaired) electrons. The van der Waals surface area contributed by atoms with Crippen molar-refractivity contribution in [3.63, 3.8) is 0 Å². The molecule has 0 saturated carbocycles. The van der Waals surface area contributed by atoms with Crippen LogP contribution in [-0.2, 0) is 0 Å². The van der Waals surface area contributed by atoms with Crippen molar-refractivity contribution >= 4 is 54.6 Å². The first-order chi connectivity index (χ1) is 23.8. The Morgan fingerprint density at radius 1 is 0.438 bits per heavy atom. The van der Waals surface area contributed by atoms with Gasteiger partial charge < -0.3 is 8.98 Å². The minimum absolute atomic E-state index is 0.720. The minimum Gasteiger partial charge on any atom is -0.456 e. The van der Waals surface area contributed by atoms with Gasteiger partial charge >= 0.3 is 0 Å². The molecule has 3 heterocycles. The van der Waals surface area contributed by atoms with Crippen LogP contribution in [0.2, 0.25) is 0 Å². The third-order valence-corrected chi connectivity index (χ3v) is 9.94. The second-order valence-corrected chi connectivity index (χ2v) is 12.6. The van der Waals surface area contributed by atoms with Crippen LogP contribution in [0.5, 0.6) is 0 Å². The Balaban J connectivity index is 1.08. The highest BCUT2D eigenvalue weighted by atomic mass is 16.3. The lowest BCUT2D eigenvalue weighted by Crippen LogP contribution is -1.93. The molecule has 0 spiro atoms. The Kier molecular flexibility index (Phi) is 5.08. The molecule has 0 saturated heterocycles. The predicted octanol–water partition coefficient (Wildman–Crippen LogP) is 11.6. The van der Waals surface area contributed by atoms with Crippen LogP contribution in [0.1, 0.15) is 0 Å². The van der Waals surface area contributed by atoms with E-state index in [1.807, 2.05) is 6.07 Å². The van der Waals surface area contributed by atoms with Crippen molar-refractivity contribution in [2.75, 3.05) is 0 Å². The summed E-state index contributed by atoms with van der Waals surface area (Å²) in [6, 6.07) is 53.7. The molecule has 0 fully saturated rings. The fraction of sp³-hybridized carbons (Fsp3) is 0. The van der Waals surface area contributed by atoms with Crippen molar-refractivity contribution in [3.8, 4) is 50.6 Å². The Morgan fingerprint density at radius 3 is 1.98 bits per heavy atom. The summed E-state index contributed by atoms with van der Waals surface area (Å²) in [5, 5.41) is 5.75. The van der Waals surface area contributed by atoms with Crippen molar-refractivity contribution in [2.45, 2.75) is 0 Å². The largest absolute Gasteiger partial charge is 0.456 e. The predicted molar refractivity (Wildman–Crippen MR) is 196 cm³/mol. The summed E-state index contributed by atoms with van der Waals surface area (Å²) in [4.78, 5) is 10.2. The summed E-state index contributed by atoms with van der Waals surface area (Å²) >= 11 is 0. The highest BCUT2D eigenvalue weighted by Crippen LogP contribution is 2.46. The normalized spacial score (nSPS) is 12.2.